The van der Waals surface area contributed by atoms with E-state index in [0.29, 0.717) is 5.56 Å². The number of phenols is 1. The zero-order valence-corrected chi connectivity index (χ0v) is 15.2. The molecule has 12 heteroatoms. The summed E-state index contributed by atoms with van der Waals surface area (Å²) in [6.07, 6.45) is -1.50. The Hall–Kier alpha value is -3.67. The molecule has 0 unspecified atom stereocenters. The highest BCUT2D eigenvalue weighted by molar-refractivity contribution is 5.95. The van der Waals surface area contributed by atoms with Crippen LogP contribution >= 0.6 is 0 Å². The van der Waals surface area contributed by atoms with Crippen LogP contribution in [0, 0.1) is 0 Å². The molecule has 29 heavy (non-hydrogen) atoms. The normalized spacial score (nSPS) is 13.6. The summed E-state index contributed by atoms with van der Waals surface area (Å²) in [5, 5.41) is 31.6. The summed E-state index contributed by atoms with van der Waals surface area (Å²) in [7, 11) is 0. The average Bonchev–Trinajstić information content (AvgIpc) is 2.61. The maximum absolute atomic E-state index is 12.4. The van der Waals surface area contributed by atoms with E-state index in [4.69, 9.17) is 16.6 Å². The molecule has 1 aromatic carbocycles. The van der Waals surface area contributed by atoms with Crippen LogP contribution in [-0.2, 0) is 30.4 Å². The first-order valence-electron chi connectivity index (χ1n) is 8.36. The zero-order chi connectivity index (χ0) is 22.1. The van der Waals surface area contributed by atoms with E-state index in [2.05, 4.69) is 10.6 Å². The van der Waals surface area contributed by atoms with Gasteiger partial charge in [-0.15, -0.1) is 0 Å². The molecule has 3 amide bonds. The third-order valence-electron chi connectivity index (χ3n) is 3.76. The fourth-order valence-electron chi connectivity index (χ4n) is 2.31. The summed E-state index contributed by atoms with van der Waals surface area (Å²) in [5.41, 5.74) is 11.0. The van der Waals surface area contributed by atoms with E-state index >= 15 is 0 Å². The number of primary amides is 1. The molecule has 1 aromatic rings. The van der Waals surface area contributed by atoms with Crippen molar-refractivity contribution in [1.29, 1.82) is 0 Å². The summed E-state index contributed by atoms with van der Waals surface area (Å²) in [6, 6.07) is 1.18. The van der Waals surface area contributed by atoms with Crippen LogP contribution in [0.1, 0.15) is 18.4 Å². The number of nitrogens with one attached hydrogen (secondary N) is 2. The van der Waals surface area contributed by atoms with E-state index < -0.39 is 60.6 Å². The molecule has 0 heterocycles. The Kier molecular flexibility index (Phi) is 8.55. The molecule has 0 saturated carbocycles. The lowest BCUT2D eigenvalue weighted by molar-refractivity contribution is -0.143. The van der Waals surface area contributed by atoms with Crippen molar-refractivity contribution in [3.05, 3.63) is 29.8 Å². The Labute approximate surface area is 164 Å². The fraction of sp³-hybridized carbons (Fsp3) is 0.353. The summed E-state index contributed by atoms with van der Waals surface area (Å²) in [4.78, 5) is 57.7. The molecule has 0 fully saturated rings. The highest BCUT2D eigenvalue weighted by Crippen LogP contribution is 2.11. The maximum atomic E-state index is 12.4. The Morgan fingerprint density at radius 1 is 0.897 bits per heavy atom. The van der Waals surface area contributed by atoms with Crippen molar-refractivity contribution < 1.29 is 39.3 Å². The molecule has 0 aliphatic heterocycles. The van der Waals surface area contributed by atoms with E-state index in [1.807, 2.05) is 0 Å². The van der Waals surface area contributed by atoms with Crippen molar-refractivity contribution in [2.24, 2.45) is 11.5 Å². The van der Waals surface area contributed by atoms with Crippen molar-refractivity contribution in [3.63, 3.8) is 0 Å². The van der Waals surface area contributed by atoms with Gasteiger partial charge < -0.3 is 37.4 Å². The van der Waals surface area contributed by atoms with Crippen LogP contribution in [0.15, 0.2) is 24.3 Å². The molecule has 12 nitrogen and oxygen atoms in total. The van der Waals surface area contributed by atoms with Gasteiger partial charge in [-0.3, -0.25) is 19.2 Å². The van der Waals surface area contributed by atoms with E-state index in [-0.39, 0.29) is 12.2 Å². The first kappa shape index (κ1) is 23.4. The lowest BCUT2D eigenvalue weighted by atomic mass is 10.0. The third-order valence-corrected chi connectivity index (χ3v) is 3.76. The first-order valence-corrected chi connectivity index (χ1v) is 8.36. The second-order valence-electron chi connectivity index (χ2n) is 6.21. The Bertz CT molecular complexity index is 780. The Balaban J connectivity index is 2.88. The zero-order valence-electron chi connectivity index (χ0n) is 15.2. The van der Waals surface area contributed by atoms with Crippen LogP contribution in [-0.4, -0.2) is 63.1 Å². The third kappa shape index (κ3) is 8.26. The number of aliphatic carboxylic acids is 2. The number of nitrogens with two attached hydrogens (primary N) is 2. The molecular formula is C17H22N4O8. The number of carboxylic acid groups (broad SMARTS) is 2. The Morgan fingerprint density at radius 3 is 1.93 bits per heavy atom. The standard InChI is InChI=1S/C17H22N4O8/c18-10(6-14(24)25)15(26)20-11(7-13(19)23)16(27)21-12(17(28)29)5-8-1-3-9(22)4-2-8/h1-4,10-12,22H,5-7,18H2,(H2,19,23)(H,20,26)(H,21,27)(H,24,25)(H,28,29)/t10-,11-,12-/m0/s1. The number of phenolic OH excluding ortho intramolecular Hbond substituents is 1. The van der Waals surface area contributed by atoms with Gasteiger partial charge in [-0.1, -0.05) is 12.1 Å². The van der Waals surface area contributed by atoms with Crippen molar-refractivity contribution in [2.75, 3.05) is 0 Å². The molecule has 0 aromatic heterocycles. The molecule has 0 aliphatic carbocycles. The number of carbonyl (C=O) groups excluding carboxylic acids is 3. The monoisotopic (exact) mass is 410 g/mol. The number of hydrogen-bond acceptors (Lipinski definition) is 7. The van der Waals surface area contributed by atoms with Crippen molar-refractivity contribution in [3.8, 4) is 5.75 Å². The minimum atomic E-state index is -1.54. The summed E-state index contributed by atoms with van der Waals surface area (Å²) in [6.45, 7) is 0. The average molecular weight is 410 g/mol. The lowest BCUT2D eigenvalue weighted by Gasteiger charge is -2.22. The van der Waals surface area contributed by atoms with E-state index in [1.165, 1.54) is 24.3 Å². The van der Waals surface area contributed by atoms with Gasteiger partial charge in [-0.2, -0.15) is 0 Å². The number of benzene rings is 1. The van der Waals surface area contributed by atoms with Gasteiger partial charge in [-0.05, 0) is 17.7 Å². The molecule has 0 bridgehead atoms. The second-order valence-corrected chi connectivity index (χ2v) is 6.21. The van der Waals surface area contributed by atoms with Gasteiger partial charge in [0.25, 0.3) is 0 Å². The van der Waals surface area contributed by atoms with Crippen LogP contribution in [0.4, 0.5) is 0 Å². The van der Waals surface area contributed by atoms with Gasteiger partial charge in [0.05, 0.1) is 18.9 Å². The number of amides is 3. The lowest BCUT2D eigenvalue weighted by Crippen LogP contribution is -2.56. The van der Waals surface area contributed by atoms with Crippen molar-refractivity contribution in [2.45, 2.75) is 37.4 Å². The predicted octanol–water partition coefficient (Wildman–Crippen LogP) is -2.33. The van der Waals surface area contributed by atoms with Crippen molar-refractivity contribution in [1.82, 2.24) is 10.6 Å². The number of rotatable bonds is 11. The van der Waals surface area contributed by atoms with E-state index in [9.17, 15) is 34.2 Å². The summed E-state index contributed by atoms with van der Waals surface area (Å²) in [5.74, 6) is -5.72. The van der Waals surface area contributed by atoms with Crippen molar-refractivity contribution >= 4 is 29.7 Å². The highest BCUT2D eigenvalue weighted by atomic mass is 16.4. The number of carbonyl (C=O) groups is 5. The minimum absolute atomic E-state index is 0.0217. The van der Waals surface area contributed by atoms with Gasteiger partial charge >= 0.3 is 11.9 Å². The first-order chi connectivity index (χ1) is 13.5. The quantitative estimate of drug-likeness (QED) is 0.207. The van der Waals surface area contributed by atoms with E-state index in [0.717, 1.165) is 0 Å². The van der Waals surface area contributed by atoms with Gasteiger partial charge in [0.1, 0.15) is 17.8 Å². The number of hydrogen-bond donors (Lipinski definition) is 7. The van der Waals surface area contributed by atoms with Gasteiger partial charge in [0, 0.05) is 6.42 Å². The fourth-order valence-corrected chi connectivity index (χ4v) is 2.31. The highest BCUT2D eigenvalue weighted by Gasteiger charge is 2.29. The van der Waals surface area contributed by atoms with Crippen LogP contribution in [0.2, 0.25) is 0 Å². The molecule has 158 valence electrons. The summed E-state index contributed by atoms with van der Waals surface area (Å²) < 4.78 is 0. The SMILES string of the molecule is NC(=O)C[C@H](NC(=O)[C@@H](N)CC(=O)O)C(=O)N[C@@H](Cc1ccc(O)cc1)C(=O)O. The largest absolute Gasteiger partial charge is 0.508 e. The van der Waals surface area contributed by atoms with Gasteiger partial charge in [-0.25, -0.2) is 4.79 Å². The molecule has 0 radical (unpaired) electrons. The molecule has 3 atom stereocenters. The number of aromatic hydroxyl groups is 1. The smallest absolute Gasteiger partial charge is 0.326 e. The van der Waals surface area contributed by atoms with Crippen LogP contribution in [0.3, 0.4) is 0 Å². The molecule has 0 saturated heterocycles. The number of carboxylic acids is 2. The Morgan fingerprint density at radius 2 is 1.45 bits per heavy atom. The molecular weight excluding hydrogens is 388 g/mol. The van der Waals surface area contributed by atoms with Crippen LogP contribution in [0.5, 0.6) is 5.75 Å². The molecule has 0 spiro atoms. The van der Waals surface area contributed by atoms with Crippen LogP contribution in [0.25, 0.3) is 0 Å². The topological polar surface area (TPSA) is 222 Å². The molecule has 9 N–H and O–H groups in total. The predicted molar refractivity (Wildman–Crippen MR) is 97.3 cm³/mol. The summed E-state index contributed by atoms with van der Waals surface area (Å²) >= 11 is 0. The molecule has 1 rings (SSSR count). The van der Waals surface area contributed by atoms with Gasteiger partial charge in [0.15, 0.2) is 0 Å². The molecule has 0 aliphatic rings. The van der Waals surface area contributed by atoms with E-state index in [1.54, 1.807) is 0 Å². The maximum Gasteiger partial charge on any atom is 0.326 e. The minimum Gasteiger partial charge on any atom is -0.508 e. The van der Waals surface area contributed by atoms with Gasteiger partial charge in [0.2, 0.25) is 17.7 Å². The second kappa shape index (κ2) is 10.6. The van der Waals surface area contributed by atoms with Crippen LogP contribution < -0.4 is 22.1 Å².